The van der Waals surface area contributed by atoms with Gasteiger partial charge in [0.1, 0.15) is 28.3 Å². The van der Waals surface area contributed by atoms with E-state index in [0.29, 0.717) is 23.3 Å². The number of ether oxygens (including phenoxy) is 1. The zero-order valence-electron chi connectivity index (χ0n) is 26.3. The minimum absolute atomic E-state index is 0.0177. The van der Waals surface area contributed by atoms with Gasteiger partial charge in [-0.1, -0.05) is 55.8 Å². The van der Waals surface area contributed by atoms with Gasteiger partial charge in [-0.3, -0.25) is 9.59 Å². The summed E-state index contributed by atoms with van der Waals surface area (Å²) in [6, 6.07) is 14.2. The third-order valence-electron chi connectivity index (χ3n) is 9.36. The number of benzene rings is 2. The number of aromatic nitrogens is 3. The van der Waals surface area contributed by atoms with Crippen molar-refractivity contribution in [3.05, 3.63) is 76.3 Å². The molecule has 10 heteroatoms. The SMILES string of the molecule is CCOC(=O)Cc1c(Cl)nc(C=O)c(-c2ccc3c(c2)CCN(c2ncnc4c2oc2ccccc24)C3)c1N1CCC(C)(C)CC1. The highest BCUT2D eigenvalue weighted by atomic mass is 35.5. The number of rotatable bonds is 7. The second-order valence-corrected chi connectivity index (χ2v) is 13.2. The Bertz CT molecular complexity index is 1980. The number of carbonyl (C=O) groups is 2. The van der Waals surface area contributed by atoms with Crippen molar-refractivity contribution in [3.8, 4) is 11.1 Å². The Morgan fingerprint density at radius 1 is 1.07 bits per heavy atom. The van der Waals surface area contributed by atoms with Gasteiger partial charge in [-0.05, 0) is 60.4 Å². The third-order valence-corrected chi connectivity index (χ3v) is 9.68. The van der Waals surface area contributed by atoms with E-state index in [1.807, 2.05) is 30.3 Å². The standard InChI is InChI=1S/C36H36ClN5O4/c1-4-45-29(44)18-26-32(41-15-12-36(2,3)13-16-41)30(27(20-43)40-34(26)37)23-9-10-24-19-42(14-11-22(24)17-23)35-33-31(38-21-39-35)25-7-5-6-8-28(25)46-33/h5-10,17,20-21H,4,11-16,18-19H2,1-3H3. The van der Waals surface area contributed by atoms with E-state index in [2.05, 4.69) is 50.7 Å². The molecule has 0 bridgehead atoms. The van der Waals surface area contributed by atoms with Gasteiger partial charge in [-0.2, -0.15) is 0 Å². The minimum Gasteiger partial charge on any atom is -0.466 e. The average Bonchev–Trinajstić information content (AvgIpc) is 3.44. The molecule has 0 aliphatic carbocycles. The number of nitrogens with zero attached hydrogens (tertiary/aromatic N) is 5. The van der Waals surface area contributed by atoms with Gasteiger partial charge in [-0.25, -0.2) is 15.0 Å². The van der Waals surface area contributed by atoms with Crippen molar-refractivity contribution in [2.24, 2.45) is 5.41 Å². The number of esters is 1. The van der Waals surface area contributed by atoms with Crippen LogP contribution in [0.15, 0.2) is 53.2 Å². The van der Waals surface area contributed by atoms with Gasteiger partial charge in [0.2, 0.25) is 0 Å². The first-order valence-corrected chi connectivity index (χ1v) is 16.2. The number of anilines is 2. The second-order valence-electron chi connectivity index (χ2n) is 12.9. The van der Waals surface area contributed by atoms with Crippen LogP contribution in [0.3, 0.4) is 0 Å². The lowest BCUT2D eigenvalue weighted by Gasteiger charge is -2.40. The smallest absolute Gasteiger partial charge is 0.310 e. The average molecular weight is 638 g/mol. The fourth-order valence-electron chi connectivity index (χ4n) is 6.79. The maximum atomic E-state index is 12.8. The predicted molar refractivity (Wildman–Crippen MR) is 180 cm³/mol. The van der Waals surface area contributed by atoms with E-state index in [0.717, 1.165) is 78.7 Å². The van der Waals surface area contributed by atoms with Gasteiger partial charge in [0.15, 0.2) is 17.7 Å². The first-order chi connectivity index (χ1) is 22.3. The number of piperidine rings is 1. The van der Waals surface area contributed by atoms with E-state index in [4.69, 9.17) is 20.8 Å². The maximum absolute atomic E-state index is 12.8. The highest BCUT2D eigenvalue weighted by Gasteiger charge is 2.32. The molecule has 5 heterocycles. The normalized spacial score (nSPS) is 16.1. The van der Waals surface area contributed by atoms with Crippen LogP contribution in [0.25, 0.3) is 33.2 Å². The number of hydrogen-bond donors (Lipinski definition) is 0. The van der Waals surface area contributed by atoms with E-state index in [-0.39, 0.29) is 35.3 Å². The molecule has 0 saturated carbocycles. The number of carbonyl (C=O) groups excluding carboxylic acids is 2. The lowest BCUT2D eigenvalue weighted by Crippen LogP contribution is -2.38. The number of hydrogen-bond acceptors (Lipinski definition) is 9. The van der Waals surface area contributed by atoms with E-state index >= 15 is 0 Å². The van der Waals surface area contributed by atoms with Crippen molar-refractivity contribution in [2.75, 3.05) is 36.0 Å². The van der Waals surface area contributed by atoms with Gasteiger partial charge in [0.25, 0.3) is 0 Å². The molecule has 0 spiro atoms. The molecule has 1 saturated heterocycles. The number of pyridine rings is 1. The summed E-state index contributed by atoms with van der Waals surface area (Å²) in [7, 11) is 0. The molecular formula is C36H36ClN5O4. The molecule has 9 nitrogen and oxygen atoms in total. The van der Waals surface area contributed by atoms with Crippen molar-refractivity contribution in [2.45, 2.75) is 53.0 Å². The zero-order valence-corrected chi connectivity index (χ0v) is 27.1. The highest BCUT2D eigenvalue weighted by molar-refractivity contribution is 6.31. The van der Waals surface area contributed by atoms with Gasteiger partial charge in [-0.15, -0.1) is 0 Å². The topological polar surface area (TPSA) is 102 Å². The predicted octanol–water partition coefficient (Wildman–Crippen LogP) is 7.20. The number of halogens is 1. The molecule has 0 N–H and O–H groups in total. The molecule has 3 aromatic heterocycles. The summed E-state index contributed by atoms with van der Waals surface area (Å²) >= 11 is 6.72. The molecule has 46 heavy (non-hydrogen) atoms. The van der Waals surface area contributed by atoms with E-state index in [1.165, 1.54) is 11.1 Å². The Kier molecular flexibility index (Phi) is 7.88. The first kappa shape index (κ1) is 30.2. The summed E-state index contributed by atoms with van der Waals surface area (Å²) < 4.78 is 11.5. The molecule has 236 valence electrons. The molecule has 2 aromatic carbocycles. The molecule has 0 atom stereocenters. The van der Waals surface area contributed by atoms with E-state index in [9.17, 15) is 9.59 Å². The van der Waals surface area contributed by atoms with Crippen LogP contribution in [0.5, 0.6) is 0 Å². The lowest BCUT2D eigenvalue weighted by molar-refractivity contribution is -0.142. The molecule has 2 aliphatic heterocycles. The summed E-state index contributed by atoms with van der Waals surface area (Å²) in [6.45, 7) is 9.55. The van der Waals surface area contributed by atoms with Crippen molar-refractivity contribution in [1.29, 1.82) is 0 Å². The summed E-state index contributed by atoms with van der Waals surface area (Å²) in [5.41, 5.74) is 8.11. The van der Waals surface area contributed by atoms with Crippen LogP contribution in [0.4, 0.5) is 11.5 Å². The van der Waals surface area contributed by atoms with Crippen LogP contribution in [0, 0.1) is 5.41 Å². The summed E-state index contributed by atoms with van der Waals surface area (Å²) in [6.07, 6.45) is 5.07. The lowest BCUT2D eigenvalue weighted by atomic mass is 9.82. The maximum Gasteiger partial charge on any atom is 0.310 e. The fraction of sp³-hybridized carbons (Fsp3) is 0.361. The Morgan fingerprint density at radius 3 is 2.65 bits per heavy atom. The summed E-state index contributed by atoms with van der Waals surface area (Å²) in [4.78, 5) is 43.4. The van der Waals surface area contributed by atoms with Crippen LogP contribution in [0.1, 0.15) is 60.8 Å². The first-order valence-electron chi connectivity index (χ1n) is 15.8. The zero-order chi connectivity index (χ0) is 32.0. The third kappa shape index (κ3) is 5.47. The van der Waals surface area contributed by atoms with Crippen LogP contribution in [0.2, 0.25) is 5.15 Å². The molecule has 7 rings (SSSR count). The molecule has 1 fully saturated rings. The molecule has 0 amide bonds. The number of aldehydes is 1. The Labute approximate surface area is 272 Å². The highest BCUT2D eigenvalue weighted by Crippen LogP contribution is 2.43. The van der Waals surface area contributed by atoms with Crippen molar-refractivity contribution >= 4 is 57.4 Å². The molecule has 5 aromatic rings. The van der Waals surface area contributed by atoms with Crippen LogP contribution in [-0.2, 0) is 28.9 Å². The van der Waals surface area contributed by atoms with Gasteiger partial charge >= 0.3 is 5.97 Å². The number of furan rings is 1. The number of fused-ring (bicyclic) bond motifs is 4. The van der Waals surface area contributed by atoms with E-state index < -0.39 is 0 Å². The molecular weight excluding hydrogens is 602 g/mol. The minimum atomic E-state index is -0.372. The van der Waals surface area contributed by atoms with Gasteiger partial charge in [0, 0.05) is 42.7 Å². The van der Waals surface area contributed by atoms with Crippen molar-refractivity contribution in [3.63, 3.8) is 0 Å². The second kappa shape index (κ2) is 12.0. The van der Waals surface area contributed by atoms with Crippen LogP contribution >= 0.6 is 11.6 Å². The van der Waals surface area contributed by atoms with Crippen LogP contribution in [-0.4, -0.2) is 53.4 Å². The van der Waals surface area contributed by atoms with Crippen molar-refractivity contribution < 1.29 is 18.7 Å². The number of para-hydroxylation sites is 1. The quantitative estimate of drug-likeness (QED) is 0.104. The van der Waals surface area contributed by atoms with Crippen molar-refractivity contribution in [1.82, 2.24) is 15.0 Å². The summed E-state index contributed by atoms with van der Waals surface area (Å²) in [5.74, 6) is 0.406. The Morgan fingerprint density at radius 2 is 1.87 bits per heavy atom. The van der Waals surface area contributed by atoms with Gasteiger partial charge < -0.3 is 19.0 Å². The molecule has 0 radical (unpaired) electrons. The molecule has 2 aliphatic rings. The Balaban J connectivity index is 1.28. The Hall–Kier alpha value is -4.50. The largest absolute Gasteiger partial charge is 0.466 e. The van der Waals surface area contributed by atoms with E-state index in [1.54, 1.807) is 13.3 Å². The van der Waals surface area contributed by atoms with Crippen LogP contribution < -0.4 is 9.80 Å². The monoisotopic (exact) mass is 637 g/mol. The molecule has 0 unspecified atom stereocenters. The summed E-state index contributed by atoms with van der Waals surface area (Å²) in [5, 5.41) is 1.13. The fourth-order valence-corrected chi connectivity index (χ4v) is 7.04. The van der Waals surface area contributed by atoms with Gasteiger partial charge in [0.05, 0.1) is 18.7 Å².